The highest BCUT2D eigenvalue weighted by atomic mass is 35.5. The lowest BCUT2D eigenvalue weighted by Gasteiger charge is -2.15. The highest BCUT2D eigenvalue weighted by Crippen LogP contribution is 2.22. The van der Waals surface area contributed by atoms with Gasteiger partial charge in [-0.15, -0.1) is 0 Å². The van der Waals surface area contributed by atoms with Crippen LogP contribution >= 0.6 is 23.2 Å². The molecule has 6 heteroatoms. The molecule has 1 unspecified atom stereocenters. The number of nitrogens with zero attached hydrogens (tertiary/aromatic N) is 1. The van der Waals surface area contributed by atoms with E-state index >= 15 is 0 Å². The fourth-order valence-corrected chi connectivity index (χ4v) is 1.81. The molecule has 96 valence electrons. The zero-order valence-electron chi connectivity index (χ0n) is 10.00. The van der Waals surface area contributed by atoms with Gasteiger partial charge in [-0.3, -0.25) is 0 Å². The van der Waals surface area contributed by atoms with Gasteiger partial charge in [-0.2, -0.15) is 5.26 Å². The van der Waals surface area contributed by atoms with Gasteiger partial charge in [0.05, 0.1) is 6.07 Å². The number of anilines is 1. The predicted octanol–water partition coefficient (Wildman–Crippen LogP) is 3.66. The summed E-state index contributed by atoms with van der Waals surface area (Å²) < 4.78 is 0. The summed E-state index contributed by atoms with van der Waals surface area (Å²) >= 11 is 11.6. The van der Waals surface area contributed by atoms with Crippen molar-refractivity contribution in [1.82, 2.24) is 5.32 Å². The standard InChI is InChI=1S/C12H13Cl2N3O/c1-7(2)11(6-15)17-12(18)16-10-4-8(13)3-9(14)5-10/h3-5,7,11H,1-2H3,(H2,16,17,18). The lowest BCUT2D eigenvalue weighted by atomic mass is 10.1. The summed E-state index contributed by atoms with van der Waals surface area (Å²) in [7, 11) is 0. The van der Waals surface area contributed by atoms with Crippen LogP contribution in [0.15, 0.2) is 18.2 Å². The van der Waals surface area contributed by atoms with Crippen LogP contribution in [0.3, 0.4) is 0 Å². The molecule has 0 spiro atoms. The van der Waals surface area contributed by atoms with E-state index in [-0.39, 0.29) is 5.92 Å². The Hall–Kier alpha value is -1.44. The van der Waals surface area contributed by atoms with Crippen molar-refractivity contribution in [3.8, 4) is 6.07 Å². The maximum Gasteiger partial charge on any atom is 0.320 e. The first-order valence-corrected chi connectivity index (χ1v) is 6.11. The number of amides is 2. The van der Waals surface area contributed by atoms with Crippen LogP contribution in [-0.4, -0.2) is 12.1 Å². The molecule has 1 aromatic rings. The summed E-state index contributed by atoms with van der Waals surface area (Å²) in [4.78, 5) is 11.6. The van der Waals surface area contributed by atoms with Crippen molar-refractivity contribution >= 4 is 34.9 Å². The van der Waals surface area contributed by atoms with Crippen molar-refractivity contribution < 1.29 is 4.79 Å². The monoisotopic (exact) mass is 285 g/mol. The van der Waals surface area contributed by atoms with Crippen molar-refractivity contribution in [1.29, 1.82) is 5.26 Å². The molecular weight excluding hydrogens is 273 g/mol. The Kier molecular flexibility index (Phi) is 5.26. The summed E-state index contributed by atoms with van der Waals surface area (Å²) in [6.07, 6.45) is 0. The van der Waals surface area contributed by atoms with Crippen LogP contribution in [0.5, 0.6) is 0 Å². The first-order valence-electron chi connectivity index (χ1n) is 5.35. The highest BCUT2D eigenvalue weighted by molar-refractivity contribution is 6.35. The maximum absolute atomic E-state index is 11.6. The molecule has 0 saturated carbocycles. The Morgan fingerprint density at radius 3 is 2.28 bits per heavy atom. The molecule has 0 aliphatic heterocycles. The van der Waals surface area contributed by atoms with Gasteiger partial charge in [0, 0.05) is 15.7 Å². The molecule has 0 radical (unpaired) electrons. The number of hydrogen-bond acceptors (Lipinski definition) is 2. The van der Waals surface area contributed by atoms with Crippen LogP contribution in [0.2, 0.25) is 10.0 Å². The van der Waals surface area contributed by atoms with Gasteiger partial charge in [-0.05, 0) is 24.1 Å². The molecule has 0 aliphatic carbocycles. The van der Waals surface area contributed by atoms with Crippen molar-refractivity contribution in [2.75, 3.05) is 5.32 Å². The number of nitriles is 1. The van der Waals surface area contributed by atoms with E-state index < -0.39 is 12.1 Å². The zero-order chi connectivity index (χ0) is 13.7. The Balaban J connectivity index is 2.68. The third-order valence-corrected chi connectivity index (χ3v) is 2.65. The number of hydrogen-bond donors (Lipinski definition) is 2. The number of halogens is 2. The number of rotatable bonds is 3. The lowest BCUT2D eigenvalue weighted by molar-refractivity contribution is 0.248. The maximum atomic E-state index is 11.6. The Labute approximate surface area is 116 Å². The van der Waals surface area contributed by atoms with E-state index in [9.17, 15) is 4.79 Å². The SMILES string of the molecule is CC(C)C(C#N)NC(=O)Nc1cc(Cl)cc(Cl)c1. The normalized spacial score (nSPS) is 11.8. The fourth-order valence-electron chi connectivity index (χ4n) is 1.28. The van der Waals surface area contributed by atoms with Gasteiger partial charge in [0.2, 0.25) is 0 Å². The van der Waals surface area contributed by atoms with E-state index in [2.05, 4.69) is 10.6 Å². The number of carbonyl (C=O) groups is 1. The average Bonchev–Trinajstić information content (AvgIpc) is 2.23. The van der Waals surface area contributed by atoms with E-state index in [1.807, 2.05) is 19.9 Å². The minimum atomic E-state index is -0.542. The van der Waals surface area contributed by atoms with Crippen molar-refractivity contribution in [2.24, 2.45) is 5.92 Å². The summed E-state index contributed by atoms with van der Waals surface area (Å²) in [5.41, 5.74) is 0.477. The predicted molar refractivity (Wildman–Crippen MR) is 72.9 cm³/mol. The number of benzene rings is 1. The van der Waals surface area contributed by atoms with Crippen LogP contribution in [0.25, 0.3) is 0 Å². The number of urea groups is 1. The number of carbonyl (C=O) groups excluding carboxylic acids is 1. The minimum absolute atomic E-state index is 0.0312. The quantitative estimate of drug-likeness (QED) is 0.890. The van der Waals surface area contributed by atoms with Gasteiger partial charge in [-0.25, -0.2) is 4.79 Å². The van der Waals surface area contributed by atoms with Crippen molar-refractivity contribution in [3.63, 3.8) is 0 Å². The van der Waals surface area contributed by atoms with E-state index in [4.69, 9.17) is 28.5 Å². The highest BCUT2D eigenvalue weighted by Gasteiger charge is 2.15. The van der Waals surface area contributed by atoms with E-state index in [1.165, 1.54) is 0 Å². The average molecular weight is 286 g/mol. The van der Waals surface area contributed by atoms with Gasteiger partial charge in [0.15, 0.2) is 0 Å². The van der Waals surface area contributed by atoms with E-state index in [1.54, 1.807) is 18.2 Å². The molecule has 2 amide bonds. The molecular formula is C12H13Cl2N3O. The second kappa shape index (κ2) is 6.48. The van der Waals surface area contributed by atoms with Gasteiger partial charge in [0.1, 0.15) is 6.04 Å². The van der Waals surface area contributed by atoms with Gasteiger partial charge in [-0.1, -0.05) is 37.0 Å². The van der Waals surface area contributed by atoms with Crippen LogP contribution < -0.4 is 10.6 Å². The van der Waals surface area contributed by atoms with Gasteiger partial charge >= 0.3 is 6.03 Å². The van der Waals surface area contributed by atoms with Crippen LogP contribution in [0, 0.1) is 17.2 Å². The molecule has 0 aliphatic rings. The van der Waals surface area contributed by atoms with Crippen LogP contribution in [0.1, 0.15) is 13.8 Å². The van der Waals surface area contributed by atoms with Crippen LogP contribution in [-0.2, 0) is 0 Å². The molecule has 0 fully saturated rings. The molecule has 2 N–H and O–H groups in total. The molecule has 1 aromatic carbocycles. The van der Waals surface area contributed by atoms with Gasteiger partial charge < -0.3 is 10.6 Å². The first-order chi connectivity index (χ1) is 8.42. The topological polar surface area (TPSA) is 64.9 Å². The summed E-state index contributed by atoms with van der Waals surface area (Å²) in [6, 6.07) is 5.72. The molecule has 18 heavy (non-hydrogen) atoms. The molecule has 0 saturated heterocycles. The summed E-state index contributed by atoms with van der Waals surface area (Å²) in [6.45, 7) is 3.70. The molecule has 1 rings (SSSR count). The van der Waals surface area contributed by atoms with Crippen LogP contribution in [0.4, 0.5) is 10.5 Å². The van der Waals surface area contributed by atoms with E-state index in [0.717, 1.165) is 0 Å². The summed E-state index contributed by atoms with van der Waals surface area (Å²) in [5, 5.41) is 14.9. The Morgan fingerprint density at radius 1 is 1.28 bits per heavy atom. The second-order valence-electron chi connectivity index (χ2n) is 4.11. The smallest absolute Gasteiger partial charge is 0.320 e. The molecule has 4 nitrogen and oxygen atoms in total. The molecule has 0 aromatic heterocycles. The molecule has 0 bridgehead atoms. The largest absolute Gasteiger partial charge is 0.322 e. The Bertz CT molecular complexity index is 462. The minimum Gasteiger partial charge on any atom is -0.322 e. The van der Waals surface area contributed by atoms with Crippen molar-refractivity contribution in [3.05, 3.63) is 28.2 Å². The summed E-state index contributed by atoms with van der Waals surface area (Å²) in [5.74, 6) is 0.0312. The molecule has 1 atom stereocenters. The zero-order valence-corrected chi connectivity index (χ0v) is 11.5. The lowest BCUT2D eigenvalue weighted by Crippen LogP contribution is -2.40. The van der Waals surface area contributed by atoms with Gasteiger partial charge in [0.25, 0.3) is 0 Å². The number of nitrogens with one attached hydrogen (secondary N) is 2. The van der Waals surface area contributed by atoms with E-state index in [0.29, 0.717) is 15.7 Å². The second-order valence-corrected chi connectivity index (χ2v) is 4.98. The Morgan fingerprint density at radius 2 is 1.83 bits per heavy atom. The third kappa shape index (κ3) is 4.44. The first kappa shape index (κ1) is 14.6. The third-order valence-electron chi connectivity index (χ3n) is 2.21. The fraction of sp³-hybridized carbons (Fsp3) is 0.333. The van der Waals surface area contributed by atoms with Crippen molar-refractivity contribution in [2.45, 2.75) is 19.9 Å². The molecule has 0 heterocycles.